The van der Waals surface area contributed by atoms with Gasteiger partial charge in [0.25, 0.3) is 0 Å². The van der Waals surface area contributed by atoms with Gasteiger partial charge in [0.15, 0.2) is 11.5 Å². The number of hydrogen-bond acceptors (Lipinski definition) is 4. The molecule has 2 aromatic rings. The monoisotopic (exact) mass is 344 g/mol. The summed E-state index contributed by atoms with van der Waals surface area (Å²) < 4.78 is 24.8. The van der Waals surface area contributed by atoms with Crippen molar-refractivity contribution in [1.29, 1.82) is 0 Å². The van der Waals surface area contributed by atoms with Crippen LogP contribution in [-0.2, 0) is 12.8 Å². The Labute approximate surface area is 147 Å². The summed E-state index contributed by atoms with van der Waals surface area (Å²) in [6.07, 6.45) is 5.71. The predicted octanol–water partition coefficient (Wildman–Crippen LogP) is 4.43. The van der Waals surface area contributed by atoms with Crippen LogP contribution in [0.2, 0.25) is 0 Å². The Morgan fingerprint density at radius 3 is 2.64 bits per heavy atom. The molecular weight excluding hydrogens is 319 g/mol. The van der Waals surface area contributed by atoms with Crippen LogP contribution < -0.4 is 14.8 Å². The fraction of sp³-hybridized carbons (Fsp3) is 0.550. The summed E-state index contributed by atoms with van der Waals surface area (Å²) in [6.45, 7) is 0. The highest BCUT2D eigenvalue weighted by molar-refractivity contribution is 5.96. The van der Waals surface area contributed by atoms with Gasteiger partial charge in [0.1, 0.15) is 6.17 Å². The summed E-state index contributed by atoms with van der Waals surface area (Å²) in [7, 11) is 3.28. The smallest absolute Gasteiger partial charge is 0.162 e. The Morgan fingerprint density at radius 1 is 1.08 bits per heavy atom. The molecule has 0 bridgehead atoms. The van der Waals surface area contributed by atoms with Crippen molar-refractivity contribution in [3.63, 3.8) is 0 Å². The maximum atomic E-state index is 13.9. The Balaban J connectivity index is 1.82. The van der Waals surface area contributed by atoms with E-state index in [0.717, 1.165) is 54.4 Å². The number of benzene rings is 1. The number of nitrogens with one attached hydrogen (secondary N) is 1. The molecule has 4 nitrogen and oxygen atoms in total. The number of pyridine rings is 1. The van der Waals surface area contributed by atoms with Gasteiger partial charge in [0.2, 0.25) is 0 Å². The molecule has 0 saturated heterocycles. The average Bonchev–Trinajstić information content (AvgIpc) is 3.08. The fourth-order valence-corrected chi connectivity index (χ4v) is 4.22. The largest absolute Gasteiger partial charge is 0.493 e. The van der Waals surface area contributed by atoms with E-state index >= 15 is 0 Å². The van der Waals surface area contributed by atoms with E-state index in [-0.39, 0.29) is 6.04 Å². The number of methoxy groups -OCH3 is 2. The van der Waals surface area contributed by atoms with Crippen LogP contribution in [0.1, 0.15) is 43.4 Å². The van der Waals surface area contributed by atoms with Crippen LogP contribution in [0.4, 0.5) is 10.1 Å². The normalized spacial score (nSPS) is 22.7. The highest BCUT2D eigenvalue weighted by atomic mass is 19.1. The summed E-state index contributed by atoms with van der Waals surface area (Å²) in [4.78, 5) is 4.86. The molecule has 0 amide bonds. The van der Waals surface area contributed by atoms with Gasteiger partial charge in [-0.15, -0.1) is 0 Å². The lowest BCUT2D eigenvalue weighted by molar-refractivity contribution is 0.239. The Morgan fingerprint density at radius 2 is 1.88 bits per heavy atom. The van der Waals surface area contributed by atoms with Crippen molar-refractivity contribution in [1.82, 2.24) is 4.98 Å². The maximum Gasteiger partial charge on any atom is 0.162 e. The van der Waals surface area contributed by atoms with Crippen molar-refractivity contribution in [2.45, 2.75) is 57.2 Å². The summed E-state index contributed by atoms with van der Waals surface area (Å²) >= 11 is 0. The number of hydrogen-bond donors (Lipinski definition) is 1. The molecule has 2 atom stereocenters. The van der Waals surface area contributed by atoms with Crippen LogP contribution in [0.25, 0.3) is 10.9 Å². The summed E-state index contributed by atoms with van der Waals surface area (Å²) in [5.41, 5.74) is 4.49. The number of alkyl halides is 1. The molecule has 0 unspecified atom stereocenters. The van der Waals surface area contributed by atoms with Gasteiger partial charge in [-0.3, -0.25) is 4.98 Å². The Bertz CT molecular complexity index is 793. The van der Waals surface area contributed by atoms with E-state index in [1.165, 1.54) is 5.56 Å². The first-order chi connectivity index (χ1) is 12.2. The highest BCUT2D eigenvalue weighted by Crippen LogP contribution is 2.40. The van der Waals surface area contributed by atoms with Crippen molar-refractivity contribution in [2.75, 3.05) is 19.5 Å². The van der Waals surface area contributed by atoms with E-state index in [2.05, 4.69) is 5.32 Å². The van der Waals surface area contributed by atoms with Gasteiger partial charge in [0.05, 0.1) is 19.7 Å². The van der Waals surface area contributed by atoms with Gasteiger partial charge in [-0.25, -0.2) is 4.39 Å². The lowest BCUT2D eigenvalue weighted by Gasteiger charge is -2.28. The van der Waals surface area contributed by atoms with Crippen LogP contribution in [0.3, 0.4) is 0 Å². The third-order valence-corrected chi connectivity index (χ3v) is 5.48. The van der Waals surface area contributed by atoms with E-state index in [4.69, 9.17) is 14.5 Å². The number of aromatic nitrogens is 1. The highest BCUT2D eigenvalue weighted by Gasteiger charge is 2.26. The van der Waals surface area contributed by atoms with E-state index in [0.29, 0.717) is 24.3 Å². The topological polar surface area (TPSA) is 43.4 Å². The Kier molecular flexibility index (Phi) is 4.40. The first-order valence-corrected chi connectivity index (χ1v) is 9.17. The van der Waals surface area contributed by atoms with E-state index in [9.17, 15) is 4.39 Å². The third-order valence-electron chi connectivity index (χ3n) is 5.48. The minimum atomic E-state index is -0.693. The van der Waals surface area contributed by atoms with Gasteiger partial charge in [0, 0.05) is 28.9 Å². The van der Waals surface area contributed by atoms with Crippen molar-refractivity contribution >= 4 is 16.6 Å². The predicted molar refractivity (Wildman–Crippen MR) is 97.6 cm³/mol. The molecule has 1 heterocycles. The first-order valence-electron chi connectivity index (χ1n) is 9.17. The summed E-state index contributed by atoms with van der Waals surface area (Å²) in [5.74, 6) is 1.39. The summed E-state index contributed by atoms with van der Waals surface area (Å²) in [6, 6.07) is 4.13. The van der Waals surface area contributed by atoms with E-state index in [1.54, 1.807) is 14.2 Å². The minimum Gasteiger partial charge on any atom is -0.493 e. The molecule has 4 rings (SSSR count). The lowest BCUT2D eigenvalue weighted by atomic mass is 9.93. The number of ether oxygens (including phenoxy) is 2. The second kappa shape index (κ2) is 6.70. The van der Waals surface area contributed by atoms with Crippen molar-refractivity contribution in [2.24, 2.45) is 0 Å². The molecule has 1 aromatic carbocycles. The molecule has 134 valence electrons. The van der Waals surface area contributed by atoms with E-state index < -0.39 is 6.17 Å². The molecule has 25 heavy (non-hydrogen) atoms. The van der Waals surface area contributed by atoms with Crippen LogP contribution in [0, 0.1) is 0 Å². The zero-order valence-electron chi connectivity index (χ0n) is 14.9. The molecule has 1 fully saturated rings. The Hall–Kier alpha value is -2.04. The number of fused-ring (bicyclic) bond motifs is 2. The summed E-state index contributed by atoms with van der Waals surface area (Å²) in [5, 5.41) is 4.71. The first kappa shape index (κ1) is 16.4. The molecule has 1 N–H and O–H groups in total. The SMILES string of the molecule is COc1cc2nc3c(c(N[C@H]4CCC[C@@H](F)C4)c2cc1OC)CCC3. The molecule has 2 aliphatic rings. The van der Waals surface area contributed by atoms with Crippen molar-refractivity contribution in [3.8, 4) is 11.5 Å². The molecule has 5 heteroatoms. The van der Waals surface area contributed by atoms with Crippen LogP contribution in [-0.4, -0.2) is 31.4 Å². The van der Waals surface area contributed by atoms with Gasteiger partial charge in [-0.05, 0) is 56.6 Å². The van der Waals surface area contributed by atoms with Crippen LogP contribution >= 0.6 is 0 Å². The molecule has 1 saturated carbocycles. The minimum absolute atomic E-state index is 0.187. The number of anilines is 1. The standard InChI is InChI=1S/C20H25FN2O2/c1-24-18-10-15-17(11-19(18)25-2)23-16-8-4-7-14(16)20(15)22-13-6-3-5-12(21)9-13/h10-13H,3-9H2,1-2H3,(H,22,23)/t12-,13+/m1/s1. The van der Waals surface area contributed by atoms with Gasteiger partial charge in [-0.2, -0.15) is 0 Å². The second-order valence-electron chi connectivity index (χ2n) is 7.10. The van der Waals surface area contributed by atoms with Gasteiger partial charge in [-0.1, -0.05) is 0 Å². The zero-order chi connectivity index (χ0) is 17.4. The fourth-order valence-electron chi connectivity index (χ4n) is 4.22. The average molecular weight is 344 g/mol. The molecule has 0 spiro atoms. The molecule has 0 aliphatic heterocycles. The molecule has 2 aliphatic carbocycles. The maximum absolute atomic E-state index is 13.9. The zero-order valence-corrected chi connectivity index (χ0v) is 14.9. The quantitative estimate of drug-likeness (QED) is 0.891. The third kappa shape index (κ3) is 3.00. The number of rotatable bonds is 4. The number of halogens is 1. The number of aryl methyl sites for hydroxylation is 1. The van der Waals surface area contributed by atoms with Crippen molar-refractivity contribution < 1.29 is 13.9 Å². The van der Waals surface area contributed by atoms with E-state index in [1.807, 2.05) is 12.1 Å². The van der Waals surface area contributed by atoms with Gasteiger partial charge >= 0.3 is 0 Å². The number of nitrogens with zero attached hydrogens (tertiary/aromatic N) is 1. The molecule has 1 aromatic heterocycles. The molecule has 0 radical (unpaired) electrons. The second-order valence-corrected chi connectivity index (χ2v) is 7.10. The van der Waals surface area contributed by atoms with Crippen LogP contribution in [0.15, 0.2) is 12.1 Å². The lowest BCUT2D eigenvalue weighted by Crippen LogP contribution is -2.28. The van der Waals surface area contributed by atoms with Gasteiger partial charge < -0.3 is 14.8 Å². The van der Waals surface area contributed by atoms with Crippen molar-refractivity contribution in [3.05, 3.63) is 23.4 Å². The van der Waals surface area contributed by atoms with Crippen LogP contribution in [0.5, 0.6) is 11.5 Å². The molecular formula is C20H25FN2O2.